The number of carbonyl (C=O) groups is 1. The summed E-state index contributed by atoms with van der Waals surface area (Å²) in [5.74, 6) is 0.765. The number of nitrogens with one attached hydrogen (secondary N) is 1. The number of nitrogens with zero attached hydrogens (tertiary/aromatic N) is 1. The second-order valence-electron chi connectivity index (χ2n) is 5.40. The highest BCUT2D eigenvalue weighted by molar-refractivity contribution is 5.92. The Hall–Kier alpha value is -1.55. The Morgan fingerprint density at radius 2 is 2.05 bits per heavy atom. The van der Waals surface area contributed by atoms with E-state index < -0.39 is 0 Å². The smallest absolute Gasteiger partial charge is 0.225 e. The van der Waals surface area contributed by atoms with Crippen LogP contribution in [0.5, 0.6) is 5.75 Å². The van der Waals surface area contributed by atoms with Crippen molar-refractivity contribution >= 4 is 11.6 Å². The van der Waals surface area contributed by atoms with Crippen LogP contribution in [0.3, 0.4) is 0 Å². The van der Waals surface area contributed by atoms with Gasteiger partial charge in [0, 0.05) is 13.0 Å². The number of methoxy groups -OCH3 is 1. The van der Waals surface area contributed by atoms with Gasteiger partial charge in [-0.1, -0.05) is 12.5 Å². The Morgan fingerprint density at radius 3 is 2.75 bits per heavy atom. The third-order valence-electron chi connectivity index (χ3n) is 3.73. The number of anilines is 1. The normalized spacial score (nSPS) is 15.9. The van der Waals surface area contributed by atoms with Crippen LogP contribution in [-0.2, 0) is 4.79 Å². The van der Waals surface area contributed by atoms with Crippen LogP contribution in [0.15, 0.2) is 18.2 Å². The molecule has 0 unspecified atom stereocenters. The molecule has 0 spiro atoms. The molecule has 1 aliphatic rings. The van der Waals surface area contributed by atoms with Gasteiger partial charge in [0.05, 0.1) is 12.8 Å². The maximum atomic E-state index is 12.0. The first-order valence-electron chi connectivity index (χ1n) is 7.36. The number of rotatable bonds is 5. The fourth-order valence-electron chi connectivity index (χ4n) is 2.57. The molecule has 1 heterocycles. The molecule has 1 fully saturated rings. The Labute approximate surface area is 121 Å². The zero-order valence-corrected chi connectivity index (χ0v) is 12.4. The topological polar surface area (TPSA) is 41.6 Å². The van der Waals surface area contributed by atoms with E-state index in [0.717, 1.165) is 30.9 Å². The van der Waals surface area contributed by atoms with Gasteiger partial charge in [0.15, 0.2) is 0 Å². The standard InChI is InChI=1S/C16H24N2O2/c1-13-6-7-15(20-2)14(12-13)17-16(19)8-11-18-9-4-3-5-10-18/h6-7,12H,3-5,8-11H2,1-2H3,(H,17,19). The van der Waals surface area contributed by atoms with E-state index in [1.165, 1.54) is 19.3 Å². The minimum Gasteiger partial charge on any atom is -0.495 e. The number of hydrogen-bond donors (Lipinski definition) is 1. The number of benzene rings is 1. The third-order valence-corrected chi connectivity index (χ3v) is 3.73. The first kappa shape index (κ1) is 14.9. The van der Waals surface area contributed by atoms with E-state index in [0.29, 0.717) is 12.2 Å². The van der Waals surface area contributed by atoms with E-state index in [4.69, 9.17) is 4.74 Å². The van der Waals surface area contributed by atoms with Crippen LogP contribution in [0.2, 0.25) is 0 Å². The molecule has 1 N–H and O–H groups in total. The van der Waals surface area contributed by atoms with Crippen molar-refractivity contribution in [3.8, 4) is 5.75 Å². The van der Waals surface area contributed by atoms with Crippen molar-refractivity contribution < 1.29 is 9.53 Å². The van der Waals surface area contributed by atoms with Gasteiger partial charge in [-0.15, -0.1) is 0 Å². The summed E-state index contributed by atoms with van der Waals surface area (Å²) in [4.78, 5) is 14.4. The minimum atomic E-state index is 0.0551. The van der Waals surface area contributed by atoms with Gasteiger partial charge in [-0.25, -0.2) is 0 Å². The lowest BCUT2D eigenvalue weighted by Gasteiger charge is -2.26. The van der Waals surface area contributed by atoms with E-state index in [1.54, 1.807) is 7.11 Å². The van der Waals surface area contributed by atoms with Gasteiger partial charge in [0.25, 0.3) is 0 Å². The minimum absolute atomic E-state index is 0.0551. The molecule has 0 radical (unpaired) electrons. The summed E-state index contributed by atoms with van der Waals surface area (Å²) >= 11 is 0. The van der Waals surface area contributed by atoms with E-state index in [2.05, 4.69) is 10.2 Å². The number of carbonyl (C=O) groups excluding carboxylic acids is 1. The van der Waals surface area contributed by atoms with Gasteiger partial charge in [0.1, 0.15) is 5.75 Å². The fraction of sp³-hybridized carbons (Fsp3) is 0.562. The number of aryl methyl sites for hydroxylation is 1. The molecule has 4 nitrogen and oxygen atoms in total. The van der Waals surface area contributed by atoms with Crippen molar-refractivity contribution in [3.63, 3.8) is 0 Å². The van der Waals surface area contributed by atoms with Crippen LogP contribution < -0.4 is 10.1 Å². The Kier molecular flexibility index (Phi) is 5.41. The molecule has 110 valence electrons. The SMILES string of the molecule is COc1ccc(C)cc1NC(=O)CCN1CCCCC1. The molecule has 0 atom stereocenters. The lowest BCUT2D eigenvalue weighted by molar-refractivity contribution is -0.116. The van der Waals surface area contributed by atoms with Crippen LogP contribution in [0.4, 0.5) is 5.69 Å². The lowest BCUT2D eigenvalue weighted by atomic mass is 10.1. The predicted octanol–water partition coefficient (Wildman–Crippen LogP) is 2.82. The summed E-state index contributed by atoms with van der Waals surface area (Å²) in [6.07, 6.45) is 4.38. The molecule has 1 aliphatic heterocycles. The molecule has 2 rings (SSSR count). The Bertz CT molecular complexity index is 454. The molecule has 20 heavy (non-hydrogen) atoms. The average Bonchev–Trinajstić information content (AvgIpc) is 2.46. The highest BCUT2D eigenvalue weighted by atomic mass is 16.5. The van der Waals surface area contributed by atoms with Crippen molar-refractivity contribution in [2.24, 2.45) is 0 Å². The Balaban J connectivity index is 1.86. The lowest BCUT2D eigenvalue weighted by Crippen LogP contribution is -2.32. The van der Waals surface area contributed by atoms with E-state index in [1.807, 2.05) is 25.1 Å². The largest absolute Gasteiger partial charge is 0.495 e. The monoisotopic (exact) mass is 276 g/mol. The molecule has 1 amide bonds. The molecule has 0 bridgehead atoms. The third kappa shape index (κ3) is 4.23. The van der Waals surface area contributed by atoms with Crippen molar-refractivity contribution in [1.29, 1.82) is 0 Å². The molecule has 1 aromatic rings. The van der Waals surface area contributed by atoms with Crippen LogP contribution >= 0.6 is 0 Å². The summed E-state index contributed by atoms with van der Waals surface area (Å²) in [6.45, 7) is 5.10. The molecule has 1 aromatic carbocycles. The number of likely N-dealkylation sites (tertiary alicyclic amines) is 1. The molecular formula is C16H24N2O2. The molecule has 0 saturated carbocycles. The fourth-order valence-corrected chi connectivity index (χ4v) is 2.57. The quantitative estimate of drug-likeness (QED) is 0.899. The summed E-state index contributed by atoms with van der Waals surface area (Å²) in [6, 6.07) is 5.80. The van der Waals surface area contributed by atoms with Crippen LogP contribution in [0.1, 0.15) is 31.2 Å². The van der Waals surface area contributed by atoms with Crippen molar-refractivity contribution in [2.45, 2.75) is 32.6 Å². The maximum absolute atomic E-state index is 12.0. The van der Waals surface area contributed by atoms with E-state index >= 15 is 0 Å². The van der Waals surface area contributed by atoms with Gasteiger partial charge >= 0.3 is 0 Å². The van der Waals surface area contributed by atoms with Crippen molar-refractivity contribution in [2.75, 3.05) is 32.1 Å². The number of hydrogen-bond acceptors (Lipinski definition) is 3. The summed E-state index contributed by atoms with van der Waals surface area (Å²) < 4.78 is 5.27. The highest BCUT2D eigenvalue weighted by Crippen LogP contribution is 2.25. The average molecular weight is 276 g/mol. The summed E-state index contributed by atoms with van der Waals surface area (Å²) in [5.41, 5.74) is 1.87. The first-order valence-corrected chi connectivity index (χ1v) is 7.36. The molecule has 4 heteroatoms. The van der Waals surface area contributed by atoms with Crippen molar-refractivity contribution in [1.82, 2.24) is 4.90 Å². The zero-order valence-electron chi connectivity index (χ0n) is 12.4. The summed E-state index contributed by atoms with van der Waals surface area (Å²) in [5, 5.41) is 2.95. The highest BCUT2D eigenvalue weighted by Gasteiger charge is 2.13. The van der Waals surface area contributed by atoms with Gasteiger partial charge < -0.3 is 15.0 Å². The van der Waals surface area contributed by atoms with Gasteiger partial charge in [-0.2, -0.15) is 0 Å². The van der Waals surface area contributed by atoms with Gasteiger partial charge in [-0.05, 0) is 50.6 Å². The second-order valence-corrected chi connectivity index (χ2v) is 5.40. The van der Waals surface area contributed by atoms with Gasteiger partial charge in [-0.3, -0.25) is 4.79 Å². The predicted molar refractivity (Wildman–Crippen MR) is 81.3 cm³/mol. The first-order chi connectivity index (χ1) is 9.69. The molecule has 1 saturated heterocycles. The Morgan fingerprint density at radius 1 is 1.30 bits per heavy atom. The number of amides is 1. The van der Waals surface area contributed by atoms with Gasteiger partial charge in [0.2, 0.25) is 5.91 Å². The molecule has 0 aromatic heterocycles. The number of piperidine rings is 1. The molecule has 0 aliphatic carbocycles. The van der Waals surface area contributed by atoms with Crippen molar-refractivity contribution in [3.05, 3.63) is 23.8 Å². The van der Waals surface area contributed by atoms with E-state index in [9.17, 15) is 4.79 Å². The van der Waals surface area contributed by atoms with Crippen LogP contribution in [0.25, 0.3) is 0 Å². The second kappa shape index (κ2) is 7.29. The maximum Gasteiger partial charge on any atom is 0.225 e. The molecular weight excluding hydrogens is 252 g/mol. The van der Waals surface area contributed by atoms with E-state index in [-0.39, 0.29) is 5.91 Å². The van der Waals surface area contributed by atoms with Crippen LogP contribution in [0, 0.1) is 6.92 Å². The zero-order chi connectivity index (χ0) is 14.4. The van der Waals surface area contributed by atoms with Crippen LogP contribution in [-0.4, -0.2) is 37.6 Å². The number of ether oxygens (including phenoxy) is 1. The summed E-state index contributed by atoms with van der Waals surface area (Å²) in [7, 11) is 1.62.